The minimum atomic E-state index is -4.68. The number of ether oxygens (including phenoxy) is 2. The van der Waals surface area contributed by atoms with E-state index in [4.69, 9.17) is 16.3 Å². The van der Waals surface area contributed by atoms with Crippen LogP contribution in [-0.2, 0) is 19.4 Å². The minimum Gasteiger partial charge on any atom is -0.494 e. The number of amides is 1. The van der Waals surface area contributed by atoms with Crippen LogP contribution in [0.25, 0.3) is 15.9 Å². The standard InChI is InChI=1S/C29H28ClF3N4O2.C16H17N3OS/c1-2-25-27(37-18-22(30)7-12-26(37)35-25)28(38)34-17-19-3-8-23(9-4-19)36-15-13-21(14-16-36)20-5-10-24(11-6-20)39-29(31,32)33;1-2-20-13-5-3-4-12(10-13)6-8-17-16-15-14(7-9-21-15)18-11-19-16/h3-12,18,21H,2,13-17H2,1H3,(H,34,38);3-5,7,9-11H,2,6,8H2,1H3,(H,17,18,19). The Labute approximate surface area is 355 Å². The summed E-state index contributed by atoms with van der Waals surface area (Å²) >= 11 is 7.80. The van der Waals surface area contributed by atoms with Gasteiger partial charge in [0.1, 0.15) is 35.0 Å². The average molecular weight is 856 g/mol. The molecule has 3 aromatic carbocycles. The molecule has 1 amide bonds. The van der Waals surface area contributed by atoms with E-state index in [2.05, 4.69) is 59.5 Å². The largest absolute Gasteiger partial charge is 0.573 e. The van der Waals surface area contributed by atoms with Crippen LogP contribution in [0.3, 0.4) is 0 Å². The highest BCUT2D eigenvalue weighted by Crippen LogP contribution is 2.33. The van der Waals surface area contributed by atoms with E-state index in [9.17, 15) is 18.0 Å². The van der Waals surface area contributed by atoms with E-state index in [0.717, 1.165) is 83.2 Å². The summed E-state index contributed by atoms with van der Waals surface area (Å²) in [5.41, 5.74) is 7.25. The van der Waals surface area contributed by atoms with E-state index in [0.29, 0.717) is 35.9 Å². The molecule has 1 fully saturated rings. The van der Waals surface area contributed by atoms with Crippen molar-refractivity contribution >= 4 is 56.2 Å². The number of halogens is 4. The molecular weight excluding hydrogens is 811 g/mol. The molecule has 60 heavy (non-hydrogen) atoms. The fourth-order valence-electron chi connectivity index (χ4n) is 7.26. The predicted octanol–water partition coefficient (Wildman–Crippen LogP) is 10.5. The molecule has 0 unspecified atom stereocenters. The third kappa shape index (κ3) is 10.8. The Hall–Kier alpha value is -5.86. The van der Waals surface area contributed by atoms with Gasteiger partial charge in [-0.15, -0.1) is 24.5 Å². The number of carbonyl (C=O) groups is 1. The Bertz CT molecular complexity index is 2500. The first kappa shape index (κ1) is 42.3. The van der Waals surface area contributed by atoms with Crippen LogP contribution in [0, 0.1) is 0 Å². The van der Waals surface area contributed by atoms with Crippen molar-refractivity contribution in [1.29, 1.82) is 0 Å². The van der Waals surface area contributed by atoms with Crippen LogP contribution in [-0.4, -0.2) is 57.9 Å². The second-order valence-electron chi connectivity index (χ2n) is 14.2. The van der Waals surface area contributed by atoms with Crippen LogP contribution >= 0.6 is 22.9 Å². The van der Waals surface area contributed by atoms with Crippen molar-refractivity contribution in [3.8, 4) is 11.5 Å². The summed E-state index contributed by atoms with van der Waals surface area (Å²) < 4.78 is 49.5. The normalized spacial score (nSPS) is 13.2. The number of fused-ring (bicyclic) bond motifs is 2. The van der Waals surface area contributed by atoms with E-state index in [1.165, 1.54) is 17.7 Å². The van der Waals surface area contributed by atoms with Crippen LogP contribution < -0.4 is 25.0 Å². The second-order valence-corrected chi connectivity index (χ2v) is 15.5. The van der Waals surface area contributed by atoms with Gasteiger partial charge < -0.3 is 25.0 Å². The van der Waals surface area contributed by atoms with Crippen molar-refractivity contribution < 1.29 is 27.4 Å². The zero-order valence-corrected chi connectivity index (χ0v) is 34.8. The third-order valence-corrected chi connectivity index (χ3v) is 11.3. The molecule has 0 atom stereocenters. The first-order chi connectivity index (χ1) is 29.1. The number of anilines is 2. The van der Waals surface area contributed by atoms with E-state index < -0.39 is 6.36 Å². The molecule has 312 valence electrons. The van der Waals surface area contributed by atoms with Crippen molar-refractivity contribution in [3.05, 3.63) is 142 Å². The Morgan fingerprint density at radius 1 is 0.933 bits per heavy atom. The number of thiophene rings is 1. The Balaban J connectivity index is 0.000000218. The number of aromatic nitrogens is 4. The summed E-state index contributed by atoms with van der Waals surface area (Å²) in [6.07, 6.45) is 1.99. The van der Waals surface area contributed by atoms with Gasteiger partial charge in [0.05, 0.1) is 27.5 Å². The number of benzene rings is 3. The lowest BCUT2D eigenvalue weighted by Crippen LogP contribution is -2.32. The molecule has 2 N–H and O–H groups in total. The lowest BCUT2D eigenvalue weighted by molar-refractivity contribution is -0.274. The van der Waals surface area contributed by atoms with Crippen molar-refractivity contribution in [1.82, 2.24) is 24.7 Å². The first-order valence-electron chi connectivity index (χ1n) is 19.8. The molecule has 0 bridgehead atoms. The molecule has 15 heteroatoms. The highest BCUT2D eigenvalue weighted by Gasteiger charge is 2.31. The lowest BCUT2D eigenvalue weighted by Gasteiger charge is -2.34. The monoisotopic (exact) mass is 855 g/mol. The van der Waals surface area contributed by atoms with Crippen molar-refractivity contribution in [2.75, 3.05) is 36.5 Å². The zero-order valence-electron chi connectivity index (χ0n) is 33.2. The number of nitrogens with one attached hydrogen (secondary N) is 2. The number of hydrogen-bond acceptors (Lipinski definition) is 9. The number of aryl methyl sites for hydroxylation is 1. The molecule has 7 aromatic rings. The number of hydrogen-bond donors (Lipinski definition) is 2. The number of nitrogens with zero attached hydrogens (tertiary/aromatic N) is 5. The molecule has 1 saturated heterocycles. The van der Waals surface area contributed by atoms with Crippen LogP contribution in [0.15, 0.2) is 109 Å². The minimum absolute atomic E-state index is 0.200. The third-order valence-electron chi connectivity index (χ3n) is 10.2. The van der Waals surface area contributed by atoms with Crippen LogP contribution in [0.4, 0.5) is 24.7 Å². The Kier molecular flexibility index (Phi) is 13.7. The van der Waals surface area contributed by atoms with Crippen LogP contribution in [0.2, 0.25) is 5.02 Å². The van der Waals surface area contributed by atoms with Gasteiger partial charge in [0.2, 0.25) is 0 Å². The first-order valence-corrected chi connectivity index (χ1v) is 21.1. The molecule has 0 radical (unpaired) electrons. The van der Waals surface area contributed by atoms with E-state index >= 15 is 0 Å². The van der Waals surface area contributed by atoms with Gasteiger partial charge in [0.15, 0.2) is 0 Å². The molecule has 5 heterocycles. The zero-order chi connectivity index (χ0) is 42.1. The summed E-state index contributed by atoms with van der Waals surface area (Å²) in [5.74, 6) is 1.73. The van der Waals surface area contributed by atoms with Gasteiger partial charge in [-0.2, -0.15) is 0 Å². The van der Waals surface area contributed by atoms with Gasteiger partial charge in [-0.25, -0.2) is 15.0 Å². The molecule has 1 aliphatic heterocycles. The lowest BCUT2D eigenvalue weighted by atomic mass is 9.89. The quantitative estimate of drug-likeness (QED) is 0.118. The number of alkyl halides is 3. The molecule has 0 aliphatic carbocycles. The highest BCUT2D eigenvalue weighted by molar-refractivity contribution is 7.17. The number of rotatable bonds is 13. The topological polar surface area (TPSA) is 106 Å². The van der Waals surface area contributed by atoms with Gasteiger partial charge in [-0.1, -0.05) is 54.9 Å². The number of imidazole rings is 1. The molecule has 10 nitrogen and oxygen atoms in total. The molecule has 0 saturated carbocycles. The number of pyridine rings is 1. The number of piperidine rings is 1. The smallest absolute Gasteiger partial charge is 0.494 e. The maximum atomic E-state index is 13.0. The van der Waals surface area contributed by atoms with E-state index in [1.54, 1.807) is 52.5 Å². The summed E-state index contributed by atoms with van der Waals surface area (Å²) in [6.45, 7) is 7.56. The Morgan fingerprint density at radius 3 is 2.45 bits per heavy atom. The van der Waals surface area contributed by atoms with Gasteiger partial charge in [-0.3, -0.25) is 9.20 Å². The van der Waals surface area contributed by atoms with Crippen molar-refractivity contribution in [2.24, 2.45) is 0 Å². The van der Waals surface area contributed by atoms with E-state index in [1.807, 2.05) is 49.6 Å². The maximum Gasteiger partial charge on any atom is 0.573 e. The fourth-order valence-corrected chi connectivity index (χ4v) is 8.23. The fraction of sp³-hybridized carbons (Fsp3) is 0.289. The summed E-state index contributed by atoms with van der Waals surface area (Å²) in [7, 11) is 0. The molecule has 1 aliphatic rings. The summed E-state index contributed by atoms with van der Waals surface area (Å²) in [4.78, 5) is 28.5. The van der Waals surface area contributed by atoms with Crippen molar-refractivity contribution in [2.45, 2.75) is 58.4 Å². The average Bonchev–Trinajstić information content (AvgIpc) is 3.89. The molecular formula is C45H45ClF3N7O3S. The summed E-state index contributed by atoms with van der Waals surface area (Å²) in [5, 5.41) is 8.96. The van der Waals surface area contributed by atoms with Gasteiger partial charge >= 0.3 is 6.36 Å². The Morgan fingerprint density at radius 2 is 1.72 bits per heavy atom. The maximum absolute atomic E-state index is 13.0. The predicted molar refractivity (Wildman–Crippen MR) is 232 cm³/mol. The highest BCUT2D eigenvalue weighted by atomic mass is 35.5. The summed E-state index contributed by atoms with van der Waals surface area (Å²) in [6, 6.07) is 28.1. The van der Waals surface area contributed by atoms with Gasteiger partial charge in [-0.05, 0) is 115 Å². The van der Waals surface area contributed by atoms with Crippen LogP contribution in [0.1, 0.15) is 65.5 Å². The molecule has 8 rings (SSSR count). The second kappa shape index (κ2) is 19.5. The van der Waals surface area contributed by atoms with Gasteiger partial charge in [0.25, 0.3) is 5.91 Å². The van der Waals surface area contributed by atoms with Crippen molar-refractivity contribution in [3.63, 3.8) is 0 Å². The molecule has 0 spiro atoms. The van der Waals surface area contributed by atoms with Gasteiger partial charge in [0, 0.05) is 38.1 Å². The van der Waals surface area contributed by atoms with E-state index in [-0.39, 0.29) is 17.6 Å². The van der Waals surface area contributed by atoms with Crippen LogP contribution in [0.5, 0.6) is 11.5 Å². The molecule has 4 aromatic heterocycles. The number of carbonyl (C=O) groups excluding carboxylic acids is 1. The SMILES string of the molecule is CCOc1cccc(CCNc2ncnc3ccsc23)c1.CCc1nc2ccc(Cl)cn2c1C(=O)NCc1ccc(N2CCC(c3ccc(OC(F)(F)F)cc3)CC2)cc1.